The number of halogens is 1. The van der Waals surface area contributed by atoms with Gasteiger partial charge in [0.2, 0.25) is 0 Å². The number of nitrogens with zero attached hydrogens (tertiary/aromatic N) is 2. The van der Waals surface area contributed by atoms with E-state index in [4.69, 9.17) is 0 Å². The molecule has 1 fully saturated rings. The average molecular weight is 425 g/mol. The van der Waals surface area contributed by atoms with Crippen molar-refractivity contribution in [1.29, 1.82) is 0 Å². The molecule has 1 aliphatic carbocycles. The third-order valence-electron chi connectivity index (χ3n) is 4.91. The first kappa shape index (κ1) is 20.8. The summed E-state index contributed by atoms with van der Waals surface area (Å²) in [5.74, 6) is 0.417. The number of thiophene rings is 1. The first-order valence-corrected chi connectivity index (χ1v) is 11.2. The van der Waals surface area contributed by atoms with Crippen molar-refractivity contribution in [3.63, 3.8) is 0 Å². The van der Waals surface area contributed by atoms with Gasteiger partial charge in [0.05, 0.1) is 6.54 Å². The molecule has 0 bridgehead atoms. The van der Waals surface area contributed by atoms with E-state index in [1.807, 2.05) is 6.07 Å². The summed E-state index contributed by atoms with van der Waals surface area (Å²) in [4.78, 5) is 5.13. The van der Waals surface area contributed by atoms with Gasteiger partial charge in [-0.2, -0.15) is 0 Å². The third kappa shape index (κ3) is 4.53. The first-order valence-electron chi connectivity index (χ1n) is 8.99. The van der Waals surface area contributed by atoms with E-state index in [0.29, 0.717) is 23.3 Å². The molecule has 2 N–H and O–H groups in total. The van der Waals surface area contributed by atoms with Gasteiger partial charge in [0.25, 0.3) is 10.0 Å². The van der Waals surface area contributed by atoms with Crippen molar-refractivity contribution >= 4 is 27.3 Å². The summed E-state index contributed by atoms with van der Waals surface area (Å²) in [6.45, 7) is 1.14. The van der Waals surface area contributed by atoms with Crippen molar-refractivity contribution < 1.29 is 12.8 Å². The van der Waals surface area contributed by atoms with Gasteiger partial charge in [-0.1, -0.05) is 12.1 Å². The van der Waals surface area contributed by atoms with Gasteiger partial charge < -0.3 is 10.6 Å². The maximum Gasteiger partial charge on any atom is 0.252 e. The largest absolute Gasteiger partial charge is 0.356 e. The van der Waals surface area contributed by atoms with Crippen LogP contribution in [-0.4, -0.2) is 46.4 Å². The van der Waals surface area contributed by atoms with Crippen LogP contribution in [-0.2, 0) is 22.0 Å². The zero-order valence-electron chi connectivity index (χ0n) is 16.2. The number of rotatable bonds is 7. The molecule has 0 unspecified atom stereocenters. The molecule has 1 saturated carbocycles. The zero-order valence-corrected chi connectivity index (χ0v) is 17.8. The molecule has 0 saturated heterocycles. The number of sulfonamides is 1. The van der Waals surface area contributed by atoms with E-state index in [9.17, 15) is 12.8 Å². The molecule has 6 nitrogen and oxygen atoms in total. The van der Waals surface area contributed by atoms with E-state index >= 15 is 0 Å². The van der Waals surface area contributed by atoms with Gasteiger partial charge in [0.15, 0.2) is 5.96 Å². The van der Waals surface area contributed by atoms with Gasteiger partial charge >= 0.3 is 0 Å². The fourth-order valence-corrected chi connectivity index (χ4v) is 5.42. The van der Waals surface area contributed by atoms with Crippen molar-refractivity contribution in [2.24, 2.45) is 4.99 Å². The second-order valence-corrected chi connectivity index (χ2v) is 10.6. The third-order valence-corrected chi connectivity index (χ3v) is 8.28. The Balaban J connectivity index is 1.57. The number of hydrogen-bond acceptors (Lipinski definition) is 4. The number of guanidine groups is 1. The van der Waals surface area contributed by atoms with Crippen LogP contribution in [0.5, 0.6) is 0 Å². The van der Waals surface area contributed by atoms with Crippen LogP contribution in [0.25, 0.3) is 0 Å². The SMILES string of the molecule is CN=C(NCc1ccc(S(=O)(=O)N(C)C)s1)NCC1(c2cccc(F)c2)CC1. The molecule has 0 aliphatic heterocycles. The van der Waals surface area contributed by atoms with E-state index in [1.165, 1.54) is 35.8 Å². The van der Waals surface area contributed by atoms with Crippen LogP contribution in [0.1, 0.15) is 23.3 Å². The summed E-state index contributed by atoms with van der Waals surface area (Å²) < 4.78 is 39.4. The minimum Gasteiger partial charge on any atom is -0.356 e. The van der Waals surface area contributed by atoms with Gasteiger partial charge in [-0.25, -0.2) is 17.1 Å². The lowest BCUT2D eigenvalue weighted by atomic mass is 9.96. The van der Waals surface area contributed by atoms with Crippen LogP contribution in [0, 0.1) is 5.82 Å². The molecule has 0 spiro atoms. The number of nitrogens with one attached hydrogen (secondary N) is 2. The molecular formula is C19H25FN4O2S2. The highest BCUT2D eigenvalue weighted by Gasteiger charge is 2.44. The topological polar surface area (TPSA) is 73.8 Å². The summed E-state index contributed by atoms with van der Waals surface area (Å²) in [5, 5.41) is 6.52. The highest BCUT2D eigenvalue weighted by molar-refractivity contribution is 7.91. The Bertz CT molecular complexity index is 966. The second kappa shape index (κ2) is 8.18. The van der Waals surface area contributed by atoms with Crippen LogP contribution >= 0.6 is 11.3 Å². The van der Waals surface area contributed by atoms with Crippen molar-refractivity contribution in [3.8, 4) is 0 Å². The molecule has 0 radical (unpaired) electrons. The molecule has 2 aromatic rings. The Morgan fingerprint density at radius 1 is 1.25 bits per heavy atom. The predicted octanol–water partition coefficient (Wildman–Crippen LogP) is 2.53. The fraction of sp³-hybridized carbons (Fsp3) is 0.421. The van der Waals surface area contributed by atoms with E-state index < -0.39 is 10.0 Å². The standard InChI is InChI=1S/C19H25FN4O2S2/c1-21-18(22-12-16-7-8-17(27-16)28(25,26)24(2)3)23-13-19(9-10-19)14-5-4-6-15(20)11-14/h4-8,11H,9-10,12-13H2,1-3H3,(H2,21,22,23). The first-order chi connectivity index (χ1) is 13.3. The molecule has 152 valence electrons. The molecule has 3 rings (SSSR count). The van der Waals surface area contributed by atoms with Crippen LogP contribution in [0.2, 0.25) is 0 Å². The summed E-state index contributed by atoms with van der Waals surface area (Å²) >= 11 is 1.24. The Kier molecular flexibility index (Phi) is 6.07. The summed E-state index contributed by atoms with van der Waals surface area (Å²) in [6.07, 6.45) is 2.02. The summed E-state index contributed by atoms with van der Waals surface area (Å²) in [7, 11) is 1.32. The van der Waals surface area contributed by atoms with E-state index in [1.54, 1.807) is 31.3 Å². The lowest BCUT2D eigenvalue weighted by Gasteiger charge is -2.19. The predicted molar refractivity (Wildman–Crippen MR) is 111 cm³/mol. The van der Waals surface area contributed by atoms with Gasteiger partial charge in [0, 0.05) is 38.0 Å². The molecule has 28 heavy (non-hydrogen) atoms. The maximum atomic E-state index is 13.5. The Morgan fingerprint density at radius 3 is 2.61 bits per heavy atom. The van der Waals surface area contributed by atoms with Crippen LogP contribution < -0.4 is 10.6 Å². The lowest BCUT2D eigenvalue weighted by Crippen LogP contribution is -2.40. The Labute approximate surface area is 169 Å². The minimum absolute atomic E-state index is 0.0460. The molecule has 0 amide bonds. The molecule has 9 heteroatoms. The molecule has 1 aliphatic rings. The van der Waals surface area contributed by atoms with Crippen LogP contribution in [0.3, 0.4) is 0 Å². The second-order valence-electron chi connectivity index (χ2n) is 7.08. The average Bonchev–Trinajstić information content (AvgIpc) is 3.30. The van der Waals surface area contributed by atoms with Crippen molar-refractivity contribution in [1.82, 2.24) is 14.9 Å². The number of hydrogen-bond donors (Lipinski definition) is 2. The molecule has 1 aromatic carbocycles. The normalized spacial score (nSPS) is 16.2. The van der Waals surface area contributed by atoms with Crippen LogP contribution in [0.4, 0.5) is 4.39 Å². The highest BCUT2D eigenvalue weighted by atomic mass is 32.2. The smallest absolute Gasteiger partial charge is 0.252 e. The summed E-state index contributed by atoms with van der Waals surface area (Å²) in [5.41, 5.74) is 0.961. The van der Waals surface area contributed by atoms with E-state index in [2.05, 4.69) is 15.6 Å². The Hall–Kier alpha value is -1.97. The van der Waals surface area contributed by atoms with Crippen molar-refractivity contribution in [2.45, 2.75) is 29.0 Å². The van der Waals surface area contributed by atoms with Gasteiger partial charge in [-0.15, -0.1) is 11.3 Å². The van der Waals surface area contributed by atoms with Gasteiger partial charge in [-0.3, -0.25) is 4.99 Å². The minimum atomic E-state index is -3.41. The lowest BCUT2D eigenvalue weighted by molar-refractivity contribution is 0.523. The molecule has 0 atom stereocenters. The number of benzene rings is 1. The fourth-order valence-electron chi connectivity index (χ4n) is 2.95. The number of aliphatic imine (C=N–C) groups is 1. The molecule has 1 aromatic heterocycles. The van der Waals surface area contributed by atoms with Crippen molar-refractivity contribution in [3.05, 3.63) is 52.7 Å². The van der Waals surface area contributed by atoms with E-state index in [-0.39, 0.29) is 11.2 Å². The van der Waals surface area contributed by atoms with Crippen molar-refractivity contribution in [2.75, 3.05) is 27.7 Å². The maximum absolute atomic E-state index is 13.5. The van der Waals surface area contributed by atoms with Crippen LogP contribution in [0.15, 0.2) is 45.6 Å². The monoisotopic (exact) mass is 424 g/mol. The van der Waals surface area contributed by atoms with Gasteiger partial charge in [-0.05, 0) is 42.7 Å². The zero-order chi connectivity index (χ0) is 20.4. The molecule has 1 heterocycles. The molecular weight excluding hydrogens is 399 g/mol. The van der Waals surface area contributed by atoms with E-state index in [0.717, 1.165) is 23.3 Å². The highest BCUT2D eigenvalue weighted by Crippen LogP contribution is 2.47. The quantitative estimate of drug-likeness (QED) is 0.529. The Morgan fingerprint density at radius 2 is 2.00 bits per heavy atom. The summed E-state index contributed by atoms with van der Waals surface area (Å²) in [6, 6.07) is 10.2. The van der Waals surface area contributed by atoms with Gasteiger partial charge in [0.1, 0.15) is 10.0 Å².